The van der Waals surface area contributed by atoms with Crippen molar-refractivity contribution in [2.24, 2.45) is 11.3 Å². The molecule has 0 aliphatic carbocycles. The maximum atomic E-state index is 12.6. The van der Waals surface area contributed by atoms with E-state index < -0.39 is 0 Å². The summed E-state index contributed by atoms with van der Waals surface area (Å²) >= 11 is 0. The number of carbonyl (C=O) groups excluding carboxylic acids is 2. The lowest BCUT2D eigenvalue weighted by Gasteiger charge is -2.48. The topological polar surface area (TPSA) is 61.9 Å². The number of esters is 1. The van der Waals surface area contributed by atoms with Gasteiger partial charge in [-0.2, -0.15) is 0 Å². The molecule has 0 spiro atoms. The summed E-state index contributed by atoms with van der Waals surface area (Å²) in [5, 5.41) is 2.88. The van der Waals surface area contributed by atoms with Gasteiger partial charge in [-0.05, 0) is 29.9 Å². The number of benzene rings is 1. The second-order valence-corrected chi connectivity index (χ2v) is 8.04. The minimum Gasteiger partial charge on any atom is -0.464 e. The lowest BCUT2D eigenvalue weighted by molar-refractivity contribution is -0.140. The number of fused-ring (bicyclic) bond motifs is 4. The Balaban J connectivity index is 1.69. The Kier molecular flexibility index (Phi) is 5.39. The van der Waals surface area contributed by atoms with E-state index in [-0.39, 0.29) is 30.1 Å². The minimum absolute atomic E-state index is 0.0697. The van der Waals surface area contributed by atoms with Gasteiger partial charge in [-0.25, -0.2) is 4.79 Å². The Labute approximate surface area is 155 Å². The van der Waals surface area contributed by atoms with Crippen molar-refractivity contribution in [3.63, 3.8) is 0 Å². The third kappa shape index (κ3) is 4.11. The van der Waals surface area contributed by atoms with Gasteiger partial charge in [0.2, 0.25) is 0 Å². The van der Waals surface area contributed by atoms with Crippen LogP contribution in [0.5, 0.6) is 0 Å². The highest BCUT2D eigenvalue weighted by atomic mass is 16.5. The van der Waals surface area contributed by atoms with Crippen LogP contribution >= 0.6 is 0 Å². The molecule has 1 aromatic carbocycles. The molecule has 3 fully saturated rings. The monoisotopic (exact) mass is 359 g/mol. The molecule has 3 aliphatic heterocycles. The van der Waals surface area contributed by atoms with Crippen molar-refractivity contribution in [1.82, 2.24) is 10.2 Å². The zero-order valence-electron chi connectivity index (χ0n) is 15.9. The van der Waals surface area contributed by atoms with Crippen molar-refractivity contribution in [2.45, 2.75) is 33.2 Å². The quantitative estimate of drug-likeness (QED) is 0.663. The fourth-order valence-electron chi connectivity index (χ4n) is 4.37. The molecule has 3 aliphatic rings. The summed E-state index contributed by atoms with van der Waals surface area (Å²) in [5.74, 6) is 0.121. The van der Waals surface area contributed by atoms with E-state index in [1.807, 2.05) is 11.0 Å². The number of urea groups is 1. The zero-order chi connectivity index (χ0) is 18.7. The molecule has 0 radical (unpaired) electrons. The molecule has 3 heterocycles. The predicted octanol–water partition coefficient (Wildman–Crippen LogP) is 2.50. The van der Waals surface area contributed by atoms with E-state index in [0.717, 1.165) is 19.5 Å². The largest absolute Gasteiger partial charge is 0.464 e. The first-order valence-electron chi connectivity index (χ1n) is 9.34. The molecule has 2 unspecified atom stereocenters. The number of carbonyl (C=O) groups is 2. The summed E-state index contributed by atoms with van der Waals surface area (Å²) in [6.07, 6.45) is 1.12. The van der Waals surface area contributed by atoms with Crippen molar-refractivity contribution in [3.8, 4) is 0 Å². The third-order valence-corrected chi connectivity index (χ3v) is 5.48. The Morgan fingerprint density at radius 3 is 2.62 bits per heavy atom. The first-order chi connectivity index (χ1) is 12.4. The highest BCUT2D eigenvalue weighted by Crippen LogP contribution is 2.43. The summed E-state index contributed by atoms with van der Waals surface area (Å²) in [4.78, 5) is 27.8. The minimum atomic E-state index is -0.327. The van der Waals surface area contributed by atoms with E-state index in [2.05, 4.69) is 48.3 Å². The van der Waals surface area contributed by atoms with Crippen LogP contribution in [0, 0.1) is 11.3 Å². The number of nitrogens with zero attached hydrogens (tertiary/aromatic N) is 2. The number of amides is 2. The SMILES string of the molecule is CC(=O)OCCNC(=O)N1CC2CN(c3ccccc3)C(C1)C(C)(C)C2. The molecule has 1 aromatic rings. The van der Waals surface area contributed by atoms with E-state index in [9.17, 15) is 9.59 Å². The van der Waals surface area contributed by atoms with Gasteiger partial charge in [-0.15, -0.1) is 0 Å². The molecular weight excluding hydrogens is 330 g/mol. The van der Waals surface area contributed by atoms with Gasteiger partial charge in [0.25, 0.3) is 0 Å². The third-order valence-electron chi connectivity index (χ3n) is 5.48. The molecule has 4 rings (SSSR count). The van der Waals surface area contributed by atoms with Crippen molar-refractivity contribution in [2.75, 3.05) is 37.7 Å². The summed E-state index contributed by atoms with van der Waals surface area (Å²) in [6.45, 7) is 8.99. The van der Waals surface area contributed by atoms with Crippen LogP contribution in [0.25, 0.3) is 0 Å². The van der Waals surface area contributed by atoms with Crippen molar-refractivity contribution < 1.29 is 14.3 Å². The normalized spacial score (nSPS) is 24.1. The van der Waals surface area contributed by atoms with Crippen LogP contribution in [0.4, 0.5) is 10.5 Å². The molecule has 1 N–H and O–H groups in total. The summed E-state index contributed by atoms with van der Waals surface area (Å²) < 4.78 is 4.89. The number of rotatable bonds is 4. The molecule has 0 saturated carbocycles. The molecular formula is C20H29N3O3. The van der Waals surface area contributed by atoms with Gasteiger partial charge >= 0.3 is 12.0 Å². The summed E-state index contributed by atoms with van der Waals surface area (Å²) in [6, 6.07) is 10.7. The standard InChI is InChI=1S/C20H29N3O3/c1-15(24)26-10-9-21-19(25)22-12-16-11-20(2,3)18(14-22)23(13-16)17-7-5-4-6-8-17/h4-8,16,18H,9-14H2,1-3H3,(H,21,25). The number of para-hydroxylation sites is 1. The highest BCUT2D eigenvalue weighted by Gasteiger charge is 2.46. The van der Waals surface area contributed by atoms with Crippen LogP contribution in [0.3, 0.4) is 0 Å². The fraction of sp³-hybridized carbons (Fsp3) is 0.600. The van der Waals surface area contributed by atoms with Crippen LogP contribution in [-0.2, 0) is 9.53 Å². The maximum absolute atomic E-state index is 12.6. The lowest BCUT2D eigenvalue weighted by atomic mass is 9.73. The molecule has 142 valence electrons. The first-order valence-corrected chi connectivity index (χ1v) is 9.34. The molecule has 3 saturated heterocycles. The lowest BCUT2D eigenvalue weighted by Crippen LogP contribution is -2.54. The smallest absolute Gasteiger partial charge is 0.317 e. The van der Waals surface area contributed by atoms with Crippen LogP contribution < -0.4 is 10.2 Å². The van der Waals surface area contributed by atoms with Gasteiger partial charge in [0.1, 0.15) is 6.61 Å². The van der Waals surface area contributed by atoms with E-state index in [4.69, 9.17) is 4.74 Å². The molecule has 2 atom stereocenters. The van der Waals surface area contributed by atoms with Crippen LogP contribution in [0.2, 0.25) is 0 Å². The Morgan fingerprint density at radius 1 is 1.19 bits per heavy atom. The number of anilines is 1. The molecule has 0 aromatic heterocycles. The van der Waals surface area contributed by atoms with Crippen LogP contribution in [0.15, 0.2) is 30.3 Å². The van der Waals surface area contributed by atoms with E-state index in [1.165, 1.54) is 12.6 Å². The maximum Gasteiger partial charge on any atom is 0.317 e. The molecule has 2 amide bonds. The zero-order valence-corrected chi connectivity index (χ0v) is 15.9. The number of hydrogen-bond donors (Lipinski definition) is 1. The molecule has 2 bridgehead atoms. The van der Waals surface area contributed by atoms with Gasteiger partial charge in [-0.1, -0.05) is 32.0 Å². The molecule has 26 heavy (non-hydrogen) atoms. The highest BCUT2D eigenvalue weighted by molar-refractivity contribution is 5.74. The predicted molar refractivity (Wildman–Crippen MR) is 101 cm³/mol. The van der Waals surface area contributed by atoms with Crippen LogP contribution in [0.1, 0.15) is 27.2 Å². The number of nitrogens with one attached hydrogen (secondary N) is 1. The number of hydrogen-bond acceptors (Lipinski definition) is 4. The average Bonchev–Trinajstić information content (AvgIpc) is 2.86. The van der Waals surface area contributed by atoms with Gasteiger partial charge in [0.15, 0.2) is 0 Å². The van der Waals surface area contributed by atoms with E-state index in [1.54, 1.807) is 0 Å². The fourth-order valence-corrected chi connectivity index (χ4v) is 4.37. The van der Waals surface area contributed by atoms with Gasteiger partial charge < -0.3 is 19.9 Å². The first kappa shape index (κ1) is 18.5. The van der Waals surface area contributed by atoms with Crippen molar-refractivity contribution >= 4 is 17.7 Å². The second-order valence-electron chi connectivity index (χ2n) is 8.04. The van der Waals surface area contributed by atoms with Crippen molar-refractivity contribution in [1.29, 1.82) is 0 Å². The van der Waals surface area contributed by atoms with E-state index in [0.29, 0.717) is 19.0 Å². The number of piperidine rings is 1. The average molecular weight is 359 g/mol. The van der Waals surface area contributed by atoms with Crippen molar-refractivity contribution in [3.05, 3.63) is 30.3 Å². The second kappa shape index (κ2) is 7.56. The van der Waals surface area contributed by atoms with Crippen LogP contribution in [-0.4, -0.2) is 55.7 Å². The van der Waals surface area contributed by atoms with Gasteiger partial charge in [0, 0.05) is 32.2 Å². The molecule has 6 heteroatoms. The number of ether oxygens (including phenoxy) is 1. The van der Waals surface area contributed by atoms with Gasteiger partial charge in [-0.3, -0.25) is 4.79 Å². The molecule has 6 nitrogen and oxygen atoms in total. The Morgan fingerprint density at radius 2 is 1.92 bits per heavy atom. The Bertz CT molecular complexity index is 647. The summed E-state index contributed by atoms with van der Waals surface area (Å²) in [7, 11) is 0. The Hall–Kier alpha value is -2.24. The van der Waals surface area contributed by atoms with Gasteiger partial charge in [0.05, 0.1) is 12.6 Å². The van der Waals surface area contributed by atoms with E-state index >= 15 is 0 Å². The summed E-state index contributed by atoms with van der Waals surface area (Å²) in [5.41, 5.74) is 1.37.